The molecule has 1 atom stereocenters. The van der Waals surface area contributed by atoms with Crippen LogP contribution in [0, 0.1) is 5.92 Å². The lowest BCUT2D eigenvalue weighted by Gasteiger charge is -2.20. The number of rotatable bonds is 9. The fraction of sp³-hybridized carbons (Fsp3) is 0.857. The molecule has 1 rings (SSSR count). The van der Waals surface area contributed by atoms with Gasteiger partial charge in [-0.2, -0.15) is 0 Å². The van der Waals surface area contributed by atoms with Crippen LogP contribution in [0.25, 0.3) is 0 Å². The molecule has 0 bridgehead atoms. The molecule has 2 nitrogen and oxygen atoms in total. The Hall–Kier alpha value is 0.390. The van der Waals surface area contributed by atoms with Gasteiger partial charge in [0.1, 0.15) is 0 Å². The van der Waals surface area contributed by atoms with Crippen molar-refractivity contribution < 1.29 is 0 Å². The van der Waals surface area contributed by atoms with Crippen molar-refractivity contribution in [3.05, 3.63) is 9.66 Å². The predicted molar refractivity (Wildman–Crippen MR) is 84.7 cm³/mol. The lowest BCUT2D eigenvalue weighted by atomic mass is 9.94. The van der Waals surface area contributed by atoms with Crippen LogP contribution in [0.15, 0.2) is 9.66 Å². The first-order chi connectivity index (χ1) is 8.33. The third-order valence-electron chi connectivity index (χ3n) is 3.43. The molecule has 0 fully saturated rings. The third kappa shape index (κ3) is 8.16. The Morgan fingerprint density at radius 3 is 2.65 bits per heavy atom. The van der Waals surface area contributed by atoms with Gasteiger partial charge in [0.2, 0.25) is 0 Å². The lowest BCUT2D eigenvalue weighted by Crippen LogP contribution is -2.24. The molecule has 0 heterocycles. The molecule has 0 amide bonds. The summed E-state index contributed by atoms with van der Waals surface area (Å²) >= 11 is 2.47. The third-order valence-corrected chi connectivity index (χ3v) is 4.41. The van der Waals surface area contributed by atoms with Crippen molar-refractivity contribution in [2.45, 2.75) is 44.9 Å². The van der Waals surface area contributed by atoms with Gasteiger partial charge in [0, 0.05) is 0 Å². The van der Waals surface area contributed by atoms with Gasteiger partial charge in [0.05, 0.1) is 0 Å². The van der Waals surface area contributed by atoms with E-state index >= 15 is 0 Å². The highest BCUT2D eigenvalue weighted by Crippen LogP contribution is 2.26. The van der Waals surface area contributed by atoms with Crippen molar-refractivity contribution in [2.75, 3.05) is 26.7 Å². The van der Waals surface area contributed by atoms with E-state index in [1.165, 1.54) is 64.6 Å². The minimum Gasteiger partial charge on any atom is -0.320 e. The summed E-state index contributed by atoms with van der Waals surface area (Å²) in [5.74, 6) is 0.887. The first kappa shape index (κ1) is 15.4. The molecule has 0 unspecified atom stereocenters. The van der Waals surface area contributed by atoms with E-state index in [0.717, 1.165) is 5.92 Å². The molecule has 1 aliphatic carbocycles. The van der Waals surface area contributed by atoms with Gasteiger partial charge >= 0.3 is 0 Å². The van der Waals surface area contributed by atoms with Crippen molar-refractivity contribution in [2.24, 2.45) is 5.92 Å². The standard InChI is InChI=1S/C14H27IN2/c1-16-10-4-2-3-5-11-17-12-13-6-8-14(15)9-7-13/h8,13,16-17H,2-7,9-12H2,1H3/t13-/m1/s1. The van der Waals surface area contributed by atoms with Crippen molar-refractivity contribution in [3.63, 3.8) is 0 Å². The molecule has 0 saturated heterocycles. The highest BCUT2D eigenvalue weighted by molar-refractivity contribution is 14.1. The van der Waals surface area contributed by atoms with Crippen LogP contribution < -0.4 is 10.6 Å². The number of hydrogen-bond acceptors (Lipinski definition) is 2. The van der Waals surface area contributed by atoms with Crippen LogP contribution in [0.4, 0.5) is 0 Å². The van der Waals surface area contributed by atoms with Gasteiger partial charge in [-0.1, -0.05) is 18.9 Å². The van der Waals surface area contributed by atoms with Crippen LogP contribution >= 0.6 is 22.6 Å². The smallest absolute Gasteiger partial charge is 0.00174 e. The number of unbranched alkanes of at least 4 members (excludes halogenated alkanes) is 3. The summed E-state index contributed by atoms with van der Waals surface area (Å²) in [5.41, 5.74) is 0. The quantitative estimate of drug-likeness (QED) is 0.492. The second-order valence-electron chi connectivity index (χ2n) is 5.01. The summed E-state index contributed by atoms with van der Waals surface area (Å²) in [6.45, 7) is 3.59. The molecule has 0 radical (unpaired) electrons. The summed E-state index contributed by atoms with van der Waals surface area (Å²) in [6, 6.07) is 0. The maximum Gasteiger partial charge on any atom is -0.00174 e. The zero-order valence-corrected chi connectivity index (χ0v) is 13.3. The molecule has 1 aliphatic rings. The topological polar surface area (TPSA) is 24.1 Å². The fourth-order valence-electron chi connectivity index (χ4n) is 2.25. The SMILES string of the molecule is CNCCCCCCNC[C@@H]1CC=C(I)CC1. The Labute approximate surface area is 120 Å². The lowest BCUT2D eigenvalue weighted by molar-refractivity contribution is 0.435. The zero-order chi connectivity index (χ0) is 12.3. The molecule has 0 saturated carbocycles. The summed E-state index contributed by atoms with van der Waals surface area (Å²) in [6.07, 6.45) is 11.8. The Morgan fingerprint density at radius 1 is 1.24 bits per heavy atom. The zero-order valence-electron chi connectivity index (χ0n) is 11.1. The maximum absolute atomic E-state index is 3.61. The van der Waals surface area contributed by atoms with Gasteiger partial charge in [0.25, 0.3) is 0 Å². The van der Waals surface area contributed by atoms with E-state index in [9.17, 15) is 0 Å². The number of hydrogen-bond donors (Lipinski definition) is 2. The number of nitrogens with one attached hydrogen (secondary N) is 2. The summed E-state index contributed by atoms with van der Waals surface area (Å²) in [4.78, 5) is 0. The Kier molecular flexibility index (Phi) is 9.38. The molecule has 17 heavy (non-hydrogen) atoms. The Morgan fingerprint density at radius 2 is 2.00 bits per heavy atom. The van der Waals surface area contributed by atoms with Crippen molar-refractivity contribution in [3.8, 4) is 0 Å². The van der Waals surface area contributed by atoms with E-state index < -0.39 is 0 Å². The molecule has 0 spiro atoms. The second-order valence-corrected chi connectivity index (χ2v) is 6.40. The molecule has 100 valence electrons. The second kappa shape index (κ2) is 10.3. The van der Waals surface area contributed by atoms with Gasteiger partial charge in [0.15, 0.2) is 0 Å². The molecule has 3 heteroatoms. The fourth-order valence-corrected chi connectivity index (χ4v) is 2.82. The van der Waals surface area contributed by atoms with E-state index in [2.05, 4.69) is 39.3 Å². The van der Waals surface area contributed by atoms with Crippen LogP contribution in [-0.4, -0.2) is 26.7 Å². The van der Waals surface area contributed by atoms with Gasteiger partial charge in [-0.05, 0) is 90.9 Å². The number of halogens is 1. The summed E-state index contributed by atoms with van der Waals surface area (Å²) < 4.78 is 1.56. The molecule has 0 aromatic carbocycles. The first-order valence-corrected chi connectivity index (χ1v) is 8.10. The Balaban J connectivity index is 1.84. The molecule has 0 aromatic rings. The largest absolute Gasteiger partial charge is 0.320 e. The van der Waals surface area contributed by atoms with Gasteiger partial charge < -0.3 is 10.6 Å². The highest BCUT2D eigenvalue weighted by Gasteiger charge is 2.12. The summed E-state index contributed by atoms with van der Waals surface area (Å²) in [7, 11) is 2.03. The van der Waals surface area contributed by atoms with E-state index in [0.29, 0.717) is 0 Å². The van der Waals surface area contributed by atoms with E-state index in [1.807, 2.05) is 7.05 Å². The average Bonchev–Trinajstić information content (AvgIpc) is 2.35. The maximum atomic E-state index is 3.61. The monoisotopic (exact) mass is 350 g/mol. The molecular formula is C14H27IN2. The molecule has 2 N–H and O–H groups in total. The predicted octanol–water partition coefficient (Wildman–Crippen LogP) is 3.47. The highest BCUT2D eigenvalue weighted by atomic mass is 127. The minimum absolute atomic E-state index is 0.887. The molecule has 0 aromatic heterocycles. The van der Waals surface area contributed by atoms with Crippen molar-refractivity contribution >= 4 is 22.6 Å². The van der Waals surface area contributed by atoms with Crippen LogP contribution in [0.3, 0.4) is 0 Å². The van der Waals surface area contributed by atoms with Gasteiger partial charge in [-0.15, -0.1) is 0 Å². The van der Waals surface area contributed by atoms with E-state index in [-0.39, 0.29) is 0 Å². The number of allylic oxidation sites excluding steroid dienone is 2. The minimum atomic E-state index is 0.887. The first-order valence-electron chi connectivity index (χ1n) is 7.02. The summed E-state index contributed by atoms with van der Waals surface area (Å²) in [5, 5.41) is 6.81. The van der Waals surface area contributed by atoms with Crippen molar-refractivity contribution in [1.82, 2.24) is 10.6 Å². The van der Waals surface area contributed by atoms with E-state index in [4.69, 9.17) is 0 Å². The average molecular weight is 350 g/mol. The van der Waals surface area contributed by atoms with Crippen molar-refractivity contribution in [1.29, 1.82) is 0 Å². The van der Waals surface area contributed by atoms with Gasteiger partial charge in [-0.25, -0.2) is 0 Å². The molecular weight excluding hydrogens is 323 g/mol. The van der Waals surface area contributed by atoms with Crippen LogP contribution in [0.5, 0.6) is 0 Å². The Bertz CT molecular complexity index is 216. The molecule has 0 aliphatic heterocycles. The van der Waals surface area contributed by atoms with E-state index in [1.54, 1.807) is 3.58 Å². The van der Waals surface area contributed by atoms with Crippen LogP contribution in [0.1, 0.15) is 44.9 Å². The van der Waals surface area contributed by atoms with Crippen LogP contribution in [0.2, 0.25) is 0 Å². The normalized spacial score (nSPS) is 20.4. The van der Waals surface area contributed by atoms with Crippen LogP contribution in [-0.2, 0) is 0 Å². The van der Waals surface area contributed by atoms with Gasteiger partial charge in [-0.3, -0.25) is 0 Å².